The van der Waals surface area contributed by atoms with Gasteiger partial charge in [0.15, 0.2) is 0 Å². The van der Waals surface area contributed by atoms with Crippen LogP contribution in [0.25, 0.3) is 0 Å². The highest BCUT2D eigenvalue weighted by molar-refractivity contribution is 5.98. The topological polar surface area (TPSA) is 82.2 Å². The quantitative estimate of drug-likeness (QED) is 0.763. The van der Waals surface area contributed by atoms with E-state index in [1.54, 1.807) is 16.9 Å². The van der Waals surface area contributed by atoms with Crippen molar-refractivity contribution in [3.8, 4) is 5.75 Å². The molecule has 0 aromatic heterocycles. The first kappa shape index (κ1) is 21.1. The Morgan fingerprint density at radius 2 is 1.97 bits per heavy atom. The second-order valence-electron chi connectivity index (χ2n) is 7.75. The molecule has 2 aliphatic heterocycles. The fraction of sp³-hybridized carbons (Fsp3) is 0.571. The maximum atomic E-state index is 12.8. The number of likely N-dealkylation sites (N-methyl/N-ethyl adjacent to an activating group) is 1. The molecule has 1 aromatic carbocycles. The van der Waals surface area contributed by atoms with Crippen LogP contribution in [0.4, 0.5) is 5.69 Å². The van der Waals surface area contributed by atoms with Crippen LogP contribution in [-0.2, 0) is 14.4 Å². The summed E-state index contributed by atoms with van der Waals surface area (Å²) >= 11 is 0. The molecule has 2 heterocycles. The summed E-state index contributed by atoms with van der Waals surface area (Å²) in [5.74, 6) is 0.596. The number of hydrogen-bond acceptors (Lipinski definition) is 5. The highest BCUT2D eigenvalue weighted by Crippen LogP contribution is 2.26. The lowest BCUT2D eigenvalue weighted by molar-refractivity contribution is -0.137. The minimum absolute atomic E-state index is 0.0145. The Morgan fingerprint density at radius 3 is 2.66 bits per heavy atom. The van der Waals surface area contributed by atoms with Crippen molar-refractivity contribution in [2.24, 2.45) is 0 Å². The van der Waals surface area contributed by atoms with Gasteiger partial charge in [0.05, 0.1) is 7.11 Å². The van der Waals surface area contributed by atoms with Crippen LogP contribution in [0.1, 0.15) is 26.2 Å². The first-order valence-corrected chi connectivity index (χ1v) is 10.1. The third-order valence-corrected chi connectivity index (χ3v) is 5.92. The molecule has 0 radical (unpaired) electrons. The number of ether oxygens (including phenoxy) is 1. The molecular formula is C21H30N4O4. The molecule has 3 amide bonds. The number of piperazine rings is 1. The first-order chi connectivity index (χ1) is 13.9. The predicted molar refractivity (Wildman–Crippen MR) is 110 cm³/mol. The smallest absolute Gasteiger partial charge is 0.246 e. The zero-order valence-electron chi connectivity index (χ0n) is 17.4. The summed E-state index contributed by atoms with van der Waals surface area (Å²) in [6.07, 6.45) is 2.28. The molecule has 3 rings (SSSR count). The van der Waals surface area contributed by atoms with Crippen LogP contribution in [0.2, 0.25) is 0 Å². The minimum Gasteiger partial charge on any atom is -0.497 e. The Morgan fingerprint density at radius 1 is 1.21 bits per heavy atom. The van der Waals surface area contributed by atoms with Crippen LogP contribution in [-0.4, -0.2) is 79.9 Å². The van der Waals surface area contributed by atoms with E-state index < -0.39 is 0 Å². The fourth-order valence-corrected chi connectivity index (χ4v) is 4.11. The molecule has 0 spiro atoms. The van der Waals surface area contributed by atoms with Gasteiger partial charge in [-0.15, -0.1) is 0 Å². The van der Waals surface area contributed by atoms with Gasteiger partial charge in [0.25, 0.3) is 0 Å². The molecule has 2 aliphatic rings. The summed E-state index contributed by atoms with van der Waals surface area (Å²) in [4.78, 5) is 42.1. The van der Waals surface area contributed by atoms with E-state index in [-0.39, 0.29) is 36.3 Å². The second-order valence-corrected chi connectivity index (χ2v) is 7.75. The van der Waals surface area contributed by atoms with Crippen molar-refractivity contribution in [1.82, 2.24) is 15.1 Å². The molecule has 8 nitrogen and oxygen atoms in total. The molecule has 1 aromatic rings. The van der Waals surface area contributed by atoms with Crippen LogP contribution in [0, 0.1) is 0 Å². The molecule has 8 heteroatoms. The Labute approximate surface area is 171 Å². The summed E-state index contributed by atoms with van der Waals surface area (Å²) < 4.78 is 5.23. The van der Waals surface area contributed by atoms with Crippen molar-refractivity contribution in [3.05, 3.63) is 24.3 Å². The van der Waals surface area contributed by atoms with Gasteiger partial charge in [-0.25, -0.2) is 0 Å². The molecule has 0 aliphatic carbocycles. The number of hydrogen-bond donors (Lipinski definition) is 1. The maximum absolute atomic E-state index is 12.8. The van der Waals surface area contributed by atoms with E-state index in [4.69, 9.17) is 4.74 Å². The number of nitrogens with one attached hydrogen (secondary N) is 1. The number of likely N-dealkylation sites (tertiary alicyclic amines) is 1. The molecule has 158 valence electrons. The molecule has 2 fully saturated rings. The Balaban J connectivity index is 1.53. The minimum atomic E-state index is -0.0823. The maximum Gasteiger partial charge on any atom is 0.246 e. The summed E-state index contributed by atoms with van der Waals surface area (Å²) in [7, 11) is 3.60. The van der Waals surface area contributed by atoms with E-state index in [0.717, 1.165) is 18.5 Å². The third kappa shape index (κ3) is 5.06. The Hall–Kier alpha value is -2.61. The monoisotopic (exact) mass is 402 g/mol. The largest absolute Gasteiger partial charge is 0.497 e. The van der Waals surface area contributed by atoms with E-state index in [2.05, 4.69) is 10.2 Å². The SMILES string of the molecule is COc1cccc(N2CCN(C(=O)C[C@@H]3CC[C@H](CNC(C)=O)N3C)CC2=O)c1. The molecule has 2 atom stereocenters. The van der Waals surface area contributed by atoms with Gasteiger partial charge in [0.1, 0.15) is 12.3 Å². The molecule has 0 unspecified atom stereocenters. The number of rotatable bonds is 6. The van der Waals surface area contributed by atoms with Gasteiger partial charge >= 0.3 is 0 Å². The molecule has 0 bridgehead atoms. The number of carbonyl (C=O) groups excluding carboxylic acids is 3. The summed E-state index contributed by atoms with van der Waals surface area (Å²) in [5.41, 5.74) is 0.790. The van der Waals surface area contributed by atoms with Crippen molar-refractivity contribution in [2.75, 3.05) is 45.2 Å². The Bertz CT molecular complexity index is 769. The van der Waals surface area contributed by atoms with Gasteiger partial charge in [-0.2, -0.15) is 0 Å². The molecular weight excluding hydrogens is 372 g/mol. The zero-order chi connectivity index (χ0) is 21.0. The van der Waals surface area contributed by atoms with Crippen LogP contribution in [0.15, 0.2) is 24.3 Å². The molecule has 2 saturated heterocycles. The Kier molecular flexibility index (Phi) is 6.74. The van der Waals surface area contributed by atoms with E-state index in [1.165, 1.54) is 6.92 Å². The van der Waals surface area contributed by atoms with Gasteiger partial charge in [-0.05, 0) is 32.0 Å². The van der Waals surface area contributed by atoms with Crippen molar-refractivity contribution in [3.63, 3.8) is 0 Å². The van der Waals surface area contributed by atoms with Gasteiger partial charge in [-0.3, -0.25) is 19.3 Å². The van der Waals surface area contributed by atoms with Gasteiger partial charge in [-0.1, -0.05) is 6.07 Å². The molecule has 1 N–H and O–H groups in total. The average molecular weight is 402 g/mol. The zero-order valence-corrected chi connectivity index (χ0v) is 17.4. The predicted octanol–water partition coefficient (Wildman–Crippen LogP) is 0.859. The highest BCUT2D eigenvalue weighted by atomic mass is 16.5. The summed E-state index contributed by atoms with van der Waals surface area (Å²) in [6, 6.07) is 7.80. The number of carbonyl (C=O) groups is 3. The lowest BCUT2D eigenvalue weighted by Crippen LogP contribution is -2.53. The second kappa shape index (κ2) is 9.26. The lowest BCUT2D eigenvalue weighted by atomic mass is 10.1. The third-order valence-electron chi connectivity index (χ3n) is 5.92. The number of anilines is 1. The number of nitrogens with zero attached hydrogens (tertiary/aromatic N) is 3. The number of methoxy groups -OCH3 is 1. The van der Waals surface area contributed by atoms with Crippen molar-refractivity contribution >= 4 is 23.4 Å². The van der Waals surface area contributed by atoms with Gasteiger partial charge in [0, 0.05) is 56.8 Å². The average Bonchev–Trinajstić information content (AvgIpc) is 3.05. The van der Waals surface area contributed by atoms with Crippen molar-refractivity contribution in [2.45, 2.75) is 38.3 Å². The van der Waals surface area contributed by atoms with Crippen LogP contribution in [0.5, 0.6) is 5.75 Å². The normalized spacial score (nSPS) is 22.7. The molecule has 0 saturated carbocycles. The number of amides is 3. The van der Waals surface area contributed by atoms with Crippen molar-refractivity contribution in [1.29, 1.82) is 0 Å². The van der Waals surface area contributed by atoms with Crippen LogP contribution < -0.4 is 15.0 Å². The first-order valence-electron chi connectivity index (χ1n) is 10.1. The van der Waals surface area contributed by atoms with Gasteiger partial charge in [0.2, 0.25) is 17.7 Å². The van der Waals surface area contributed by atoms with E-state index in [0.29, 0.717) is 31.8 Å². The van der Waals surface area contributed by atoms with E-state index >= 15 is 0 Å². The fourth-order valence-electron chi connectivity index (χ4n) is 4.11. The van der Waals surface area contributed by atoms with E-state index in [9.17, 15) is 14.4 Å². The van der Waals surface area contributed by atoms with Gasteiger partial charge < -0.3 is 19.9 Å². The summed E-state index contributed by atoms with van der Waals surface area (Å²) in [5, 5.41) is 2.85. The van der Waals surface area contributed by atoms with Crippen LogP contribution >= 0.6 is 0 Å². The summed E-state index contributed by atoms with van der Waals surface area (Å²) in [6.45, 7) is 3.21. The van der Waals surface area contributed by atoms with Crippen LogP contribution in [0.3, 0.4) is 0 Å². The lowest BCUT2D eigenvalue weighted by Gasteiger charge is -2.35. The van der Waals surface area contributed by atoms with E-state index in [1.807, 2.05) is 31.3 Å². The molecule has 29 heavy (non-hydrogen) atoms. The standard InChI is InChI=1S/C21H30N4O4/c1-15(26)22-13-18-8-7-16(23(18)2)12-20(27)24-9-10-25(21(28)14-24)17-5-4-6-19(11-17)29-3/h4-6,11,16,18H,7-10,12-14H2,1-3H3,(H,22,26)/t16-,18+/m0/s1. The van der Waals surface area contributed by atoms with Crippen molar-refractivity contribution < 1.29 is 19.1 Å². The number of benzene rings is 1. The highest BCUT2D eigenvalue weighted by Gasteiger charge is 2.34.